The van der Waals surface area contributed by atoms with Crippen molar-refractivity contribution in [2.75, 3.05) is 13.2 Å². The molecule has 2 unspecified atom stereocenters. The molecule has 5 heteroatoms. The molecule has 0 amide bonds. The second-order valence-corrected chi connectivity index (χ2v) is 4.02. The minimum absolute atomic E-state index is 0.0487. The van der Waals surface area contributed by atoms with Gasteiger partial charge in [-0.25, -0.2) is 0 Å². The van der Waals surface area contributed by atoms with Crippen LogP contribution >= 0.6 is 0 Å². The smallest absolute Gasteiger partial charge is 0.156 e. The third-order valence-corrected chi connectivity index (χ3v) is 3.13. The molecule has 15 heavy (non-hydrogen) atoms. The van der Waals surface area contributed by atoms with Gasteiger partial charge in [0.2, 0.25) is 0 Å². The SMILES string of the molecule is CCC(C(N)=NO)N1CCCCC1CO. The Hall–Kier alpha value is -0.810. The Balaban J connectivity index is 2.72. The van der Waals surface area contributed by atoms with Crippen molar-refractivity contribution in [2.45, 2.75) is 44.7 Å². The molecule has 4 N–H and O–H groups in total. The number of amidine groups is 1. The number of nitrogens with two attached hydrogens (primary N) is 1. The number of hydrogen-bond acceptors (Lipinski definition) is 4. The fourth-order valence-electron chi connectivity index (χ4n) is 2.31. The molecule has 1 aliphatic heterocycles. The summed E-state index contributed by atoms with van der Waals surface area (Å²) in [6.45, 7) is 3.07. The second kappa shape index (κ2) is 5.92. The van der Waals surface area contributed by atoms with Crippen LogP contribution in [-0.4, -0.2) is 46.3 Å². The van der Waals surface area contributed by atoms with Gasteiger partial charge in [0, 0.05) is 6.04 Å². The molecular formula is C10H21N3O2. The second-order valence-electron chi connectivity index (χ2n) is 4.02. The summed E-state index contributed by atoms with van der Waals surface area (Å²) < 4.78 is 0. The van der Waals surface area contributed by atoms with Crippen molar-refractivity contribution >= 4 is 5.84 Å². The highest BCUT2D eigenvalue weighted by Crippen LogP contribution is 2.20. The first kappa shape index (κ1) is 12.3. The van der Waals surface area contributed by atoms with Crippen molar-refractivity contribution in [3.63, 3.8) is 0 Å². The third-order valence-electron chi connectivity index (χ3n) is 3.13. The highest BCUT2D eigenvalue weighted by atomic mass is 16.4. The summed E-state index contributed by atoms with van der Waals surface area (Å²) in [7, 11) is 0. The lowest BCUT2D eigenvalue weighted by Crippen LogP contribution is -2.53. The van der Waals surface area contributed by atoms with Crippen LogP contribution in [0.1, 0.15) is 32.6 Å². The molecule has 0 aliphatic carbocycles. The molecule has 0 saturated carbocycles. The zero-order chi connectivity index (χ0) is 11.3. The van der Waals surface area contributed by atoms with Crippen LogP contribution in [0.3, 0.4) is 0 Å². The molecular weight excluding hydrogens is 194 g/mol. The molecule has 1 fully saturated rings. The van der Waals surface area contributed by atoms with Crippen molar-refractivity contribution in [3.05, 3.63) is 0 Å². The summed E-state index contributed by atoms with van der Waals surface area (Å²) in [5.74, 6) is 0.248. The van der Waals surface area contributed by atoms with E-state index in [-0.39, 0.29) is 24.5 Å². The topological polar surface area (TPSA) is 82.1 Å². The predicted molar refractivity (Wildman–Crippen MR) is 58.9 cm³/mol. The number of rotatable bonds is 4. The summed E-state index contributed by atoms with van der Waals surface area (Å²) >= 11 is 0. The highest BCUT2D eigenvalue weighted by molar-refractivity contribution is 5.85. The molecule has 0 aromatic rings. The van der Waals surface area contributed by atoms with Gasteiger partial charge in [-0.15, -0.1) is 0 Å². The van der Waals surface area contributed by atoms with Crippen LogP contribution in [0.5, 0.6) is 0 Å². The number of hydrogen-bond donors (Lipinski definition) is 3. The predicted octanol–water partition coefficient (Wildman–Crippen LogP) is 0.358. The van der Waals surface area contributed by atoms with Gasteiger partial charge in [-0.3, -0.25) is 4.90 Å². The summed E-state index contributed by atoms with van der Waals surface area (Å²) in [4.78, 5) is 2.15. The maximum Gasteiger partial charge on any atom is 0.156 e. The first-order chi connectivity index (χ1) is 7.24. The number of aliphatic hydroxyl groups is 1. The van der Waals surface area contributed by atoms with Crippen LogP contribution in [0.2, 0.25) is 0 Å². The van der Waals surface area contributed by atoms with E-state index in [0.717, 1.165) is 32.2 Å². The zero-order valence-corrected chi connectivity index (χ0v) is 9.26. The van der Waals surface area contributed by atoms with Crippen molar-refractivity contribution < 1.29 is 10.3 Å². The van der Waals surface area contributed by atoms with Crippen molar-refractivity contribution in [1.29, 1.82) is 0 Å². The van der Waals surface area contributed by atoms with E-state index in [4.69, 9.17) is 10.9 Å². The molecule has 5 nitrogen and oxygen atoms in total. The van der Waals surface area contributed by atoms with E-state index in [1.807, 2.05) is 6.92 Å². The summed E-state index contributed by atoms with van der Waals surface area (Å²) in [6, 6.07) is 0.108. The van der Waals surface area contributed by atoms with E-state index in [2.05, 4.69) is 10.1 Å². The lowest BCUT2D eigenvalue weighted by Gasteiger charge is -2.39. The lowest BCUT2D eigenvalue weighted by molar-refractivity contribution is 0.0717. The van der Waals surface area contributed by atoms with Crippen molar-refractivity contribution in [3.8, 4) is 0 Å². The Morgan fingerprint density at radius 1 is 1.60 bits per heavy atom. The van der Waals surface area contributed by atoms with Crippen LogP contribution in [0.4, 0.5) is 0 Å². The van der Waals surface area contributed by atoms with Crippen LogP contribution in [-0.2, 0) is 0 Å². The zero-order valence-electron chi connectivity index (χ0n) is 9.26. The van der Waals surface area contributed by atoms with Crippen LogP contribution < -0.4 is 5.73 Å². The van der Waals surface area contributed by atoms with Crippen LogP contribution in [0.15, 0.2) is 5.16 Å². The molecule has 0 aromatic carbocycles. The summed E-state index contributed by atoms with van der Waals surface area (Å²) in [5.41, 5.74) is 5.65. The van der Waals surface area contributed by atoms with Crippen molar-refractivity contribution in [2.24, 2.45) is 10.9 Å². The number of nitrogens with zero attached hydrogens (tertiary/aromatic N) is 2. The van der Waals surface area contributed by atoms with Gasteiger partial charge in [-0.05, 0) is 25.8 Å². The first-order valence-corrected chi connectivity index (χ1v) is 5.58. The summed E-state index contributed by atoms with van der Waals surface area (Å²) in [5, 5.41) is 21.0. The fraction of sp³-hybridized carbons (Fsp3) is 0.900. The summed E-state index contributed by atoms with van der Waals surface area (Å²) in [6.07, 6.45) is 4.05. The number of piperidine rings is 1. The maximum absolute atomic E-state index is 9.28. The van der Waals surface area contributed by atoms with Gasteiger partial charge in [0.1, 0.15) is 0 Å². The average Bonchev–Trinajstić information content (AvgIpc) is 2.30. The van der Waals surface area contributed by atoms with E-state index in [0.29, 0.717) is 0 Å². The quantitative estimate of drug-likeness (QED) is 0.274. The molecule has 2 atom stereocenters. The monoisotopic (exact) mass is 215 g/mol. The van der Waals surface area contributed by atoms with Crippen LogP contribution in [0.25, 0.3) is 0 Å². The van der Waals surface area contributed by atoms with E-state index in [9.17, 15) is 5.11 Å². The Morgan fingerprint density at radius 2 is 2.33 bits per heavy atom. The molecule has 0 radical (unpaired) electrons. The number of aliphatic hydroxyl groups excluding tert-OH is 1. The van der Waals surface area contributed by atoms with Gasteiger partial charge < -0.3 is 16.0 Å². The molecule has 1 aliphatic rings. The van der Waals surface area contributed by atoms with E-state index in [1.54, 1.807) is 0 Å². The van der Waals surface area contributed by atoms with Gasteiger partial charge in [0.15, 0.2) is 5.84 Å². The van der Waals surface area contributed by atoms with E-state index < -0.39 is 0 Å². The average molecular weight is 215 g/mol. The Labute approximate surface area is 90.6 Å². The molecule has 1 heterocycles. The number of likely N-dealkylation sites (tertiary alicyclic amines) is 1. The van der Waals surface area contributed by atoms with Gasteiger partial charge in [-0.1, -0.05) is 18.5 Å². The molecule has 1 saturated heterocycles. The maximum atomic E-state index is 9.28. The first-order valence-electron chi connectivity index (χ1n) is 5.58. The minimum atomic E-state index is -0.0487. The van der Waals surface area contributed by atoms with Gasteiger partial charge in [-0.2, -0.15) is 0 Å². The van der Waals surface area contributed by atoms with Crippen molar-refractivity contribution in [1.82, 2.24) is 4.90 Å². The third kappa shape index (κ3) is 2.82. The molecule has 0 aromatic heterocycles. The largest absolute Gasteiger partial charge is 0.409 e. The molecule has 88 valence electrons. The van der Waals surface area contributed by atoms with E-state index >= 15 is 0 Å². The molecule has 1 rings (SSSR count). The molecule has 0 spiro atoms. The standard InChI is InChI=1S/C10H21N3O2/c1-2-9(10(11)12-15)13-6-4-3-5-8(13)7-14/h8-9,14-15H,2-7H2,1H3,(H2,11,12). The van der Waals surface area contributed by atoms with Gasteiger partial charge in [0.25, 0.3) is 0 Å². The Kier molecular flexibility index (Phi) is 4.84. The Bertz CT molecular complexity index is 221. The van der Waals surface area contributed by atoms with Crippen LogP contribution in [0, 0.1) is 0 Å². The Morgan fingerprint density at radius 3 is 2.87 bits per heavy atom. The minimum Gasteiger partial charge on any atom is -0.409 e. The van der Waals surface area contributed by atoms with Gasteiger partial charge >= 0.3 is 0 Å². The fourth-order valence-corrected chi connectivity index (χ4v) is 2.31. The molecule has 0 bridgehead atoms. The highest BCUT2D eigenvalue weighted by Gasteiger charge is 2.29. The lowest BCUT2D eigenvalue weighted by atomic mass is 9.99. The van der Waals surface area contributed by atoms with Gasteiger partial charge in [0.05, 0.1) is 12.6 Å². The normalized spacial score (nSPS) is 26.5. The number of oxime groups is 1. The van der Waals surface area contributed by atoms with E-state index in [1.165, 1.54) is 0 Å².